The molecule has 0 spiro atoms. The maximum absolute atomic E-state index is 12.5. The number of anilines is 2. The minimum atomic E-state index is -0.526. The van der Waals surface area contributed by atoms with E-state index in [1.165, 1.54) is 0 Å². The number of amides is 1. The maximum Gasteiger partial charge on any atom is 0.275 e. The van der Waals surface area contributed by atoms with Gasteiger partial charge in [-0.15, -0.1) is 0 Å². The van der Waals surface area contributed by atoms with Gasteiger partial charge in [0.05, 0.1) is 27.3 Å². The second-order valence-corrected chi connectivity index (χ2v) is 7.85. The summed E-state index contributed by atoms with van der Waals surface area (Å²) in [6, 6.07) is 7.50. The molecule has 3 rings (SSSR count). The van der Waals surface area contributed by atoms with Gasteiger partial charge in [-0.3, -0.25) is 4.79 Å². The normalized spacial score (nSPS) is 19.9. The number of hydrogen-bond acceptors (Lipinski definition) is 4. The molecule has 1 saturated heterocycles. The van der Waals surface area contributed by atoms with E-state index in [1.807, 2.05) is 24.3 Å². The molecule has 1 aliphatic rings. The minimum Gasteiger partial charge on any atom is -0.372 e. The first-order valence-corrected chi connectivity index (χ1v) is 9.79. The molecule has 5 nitrogen and oxygen atoms in total. The van der Waals surface area contributed by atoms with Crippen LogP contribution in [-0.4, -0.2) is 36.2 Å². The summed E-state index contributed by atoms with van der Waals surface area (Å²) in [5, 5.41) is 2.61. The Morgan fingerprint density at radius 2 is 1.63 bits per heavy atom. The van der Waals surface area contributed by atoms with Crippen molar-refractivity contribution in [3.05, 3.63) is 50.2 Å². The molecule has 1 N–H and O–H groups in total. The van der Waals surface area contributed by atoms with Crippen LogP contribution in [0.1, 0.15) is 24.3 Å². The fourth-order valence-electron chi connectivity index (χ4n) is 2.97. The van der Waals surface area contributed by atoms with Crippen molar-refractivity contribution in [2.45, 2.75) is 26.1 Å². The Labute approximate surface area is 177 Å². The number of aromatic nitrogens is 1. The zero-order valence-corrected chi connectivity index (χ0v) is 17.6. The summed E-state index contributed by atoms with van der Waals surface area (Å²) < 4.78 is 5.75. The van der Waals surface area contributed by atoms with E-state index in [9.17, 15) is 4.79 Å². The van der Waals surface area contributed by atoms with Gasteiger partial charge in [-0.05, 0) is 38.1 Å². The monoisotopic (exact) mass is 447 g/mol. The van der Waals surface area contributed by atoms with Crippen molar-refractivity contribution in [3.63, 3.8) is 0 Å². The fraction of sp³-hybridized carbons (Fsp3) is 0.333. The molecule has 0 bridgehead atoms. The predicted octanol–water partition coefficient (Wildman–Crippen LogP) is 5.56. The van der Waals surface area contributed by atoms with Gasteiger partial charge >= 0.3 is 0 Å². The summed E-state index contributed by atoms with van der Waals surface area (Å²) in [6.45, 7) is 5.74. The van der Waals surface area contributed by atoms with Crippen molar-refractivity contribution in [1.82, 2.24) is 4.98 Å². The Balaban J connectivity index is 1.74. The highest BCUT2D eigenvalue weighted by atomic mass is 35.5. The van der Waals surface area contributed by atoms with E-state index in [2.05, 4.69) is 29.0 Å². The molecule has 1 aliphatic heterocycles. The van der Waals surface area contributed by atoms with Crippen LogP contribution in [0, 0.1) is 0 Å². The van der Waals surface area contributed by atoms with E-state index in [1.54, 1.807) is 0 Å². The van der Waals surface area contributed by atoms with E-state index < -0.39 is 5.91 Å². The van der Waals surface area contributed by atoms with Crippen LogP contribution >= 0.6 is 46.4 Å². The Morgan fingerprint density at radius 3 is 2.22 bits per heavy atom. The van der Waals surface area contributed by atoms with Crippen LogP contribution in [0.3, 0.4) is 0 Å². The summed E-state index contributed by atoms with van der Waals surface area (Å²) in [4.78, 5) is 18.6. The predicted molar refractivity (Wildman–Crippen MR) is 111 cm³/mol. The van der Waals surface area contributed by atoms with Gasteiger partial charge in [0.1, 0.15) is 10.8 Å². The van der Waals surface area contributed by atoms with Gasteiger partial charge in [-0.25, -0.2) is 4.98 Å². The number of carbonyl (C=O) groups is 1. The van der Waals surface area contributed by atoms with Gasteiger partial charge in [0, 0.05) is 24.5 Å². The molecule has 1 aromatic carbocycles. The van der Waals surface area contributed by atoms with Crippen LogP contribution in [0.25, 0.3) is 0 Å². The Kier molecular flexibility index (Phi) is 6.39. The third-order valence-corrected chi connectivity index (χ3v) is 5.79. The molecule has 2 aromatic rings. The number of nitrogens with zero attached hydrogens (tertiary/aromatic N) is 2. The summed E-state index contributed by atoms with van der Waals surface area (Å²) in [5.74, 6) is -0.526. The van der Waals surface area contributed by atoms with Gasteiger partial charge in [0.15, 0.2) is 0 Å². The second-order valence-electron chi connectivity index (χ2n) is 6.36. The van der Waals surface area contributed by atoms with E-state index in [0.29, 0.717) is 5.69 Å². The first kappa shape index (κ1) is 20.5. The van der Waals surface area contributed by atoms with E-state index in [4.69, 9.17) is 51.1 Å². The summed E-state index contributed by atoms with van der Waals surface area (Å²) in [5.41, 5.74) is 1.57. The molecule has 1 amide bonds. The van der Waals surface area contributed by atoms with Crippen molar-refractivity contribution >= 4 is 63.7 Å². The van der Waals surface area contributed by atoms with Gasteiger partial charge in [0.2, 0.25) is 0 Å². The molecule has 0 aliphatic carbocycles. The molecule has 144 valence electrons. The first-order chi connectivity index (χ1) is 12.8. The molecule has 0 saturated carbocycles. The van der Waals surface area contributed by atoms with Crippen LogP contribution in [-0.2, 0) is 4.74 Å². The van der Waals surface area contributed by atoms with Crippen molar-refractivity contribution in [3.8, 4) is 0 Å². The lowest BCUT2D eigenvalue weighted by Crippen LogP contribution is -2.45. The number of carbonyl (C=O) groups excluding carboxylic acids is 1. The van der Waals surface area contributed by atoms with Crippen LogP contribution in [0.4, 0.5) is 11.4 Å². The third-order valence-electron chi connectivity index (χ3n) is 4.11. The summed E-state index contributed by atoms with van der Waals surface area (Å²) in [6.07, 6.45) is 0.335. The number of rotatable bonds is 3. The fourth-order valence-corrected chi connectivity index (χ4v) is 3.79. The molecule has 1 fully saturated rings. The Bertz CT molecular complexity index is 851. The number of morpholine rings is 1. The van der Waals surface area contributed by atoms with Crippen LogP contribution in [0.5, 0.6) is 0 Å². The first-order valence-electron chi connectivity index (χ1n) is 8.28. The van der Waals surface area contributed by atoms with Crippen molar-refractivity contribution in [2.24, 2.45) is 0 Å². The molecule has 1 aromatic heterocycles. The zero-order valence-electron chi connectivity index (χ0n) is 14.6. The van der Waals surface area contributed by atoms with Crippen molar-refractivity contribution in [1.29, 1.82) is 0 Å². The zero-order chi connectivity index (χ0) is 19.7. The molecule has 27 heavy (non-hydrogen) atoms. The van der Waals surface area contributed by atoms with Gasteiger partial charge in [-0.2, -0.15) is 0 Å². The Hall–Kier alpha value is -1.24. The highest BCUT2D eigenvalue weighted by Crippen LogP contribution is 2.36. The average Bonchev–Trinajstić information content (AvgIpc) is 2.62. The molecule has 2 atom stereocenters. The quantitative estimate of drug-likeness (QED) is 0.624. The largest absolute Gasteiger partial charge is 0.372 e. The van der Waals surface area contributed by atoms with Gasteiger partial charge in [-0.1, -0.05) is 46.4 Å². The number of benzene rings is 1. The smallest absolute Gasteiger partial charge is 0.275 e. The molecule has 9 heteroatoms. The number of hydrogen-bond donors (Lipinski definition) is 1. The minimum absolute atomic E-state index is 0.00520. The SMILES string of the molecule is C[C@@H]1CN(c2ccc(NC(=O)c3nc(Cl)c(Cl)c(Cl)c3Cl)cc2)C[C@H](C)O1. The van der Waals surface area contributed by atoms with Gasteiger partial charge in [0.25, 0.3) is 5.91 Å². The highest BCUT2D eigenvalue weighted by Gasteiger charge is 2.23. The molecule has 0 radical (unpaired) electrons. The lowest BCUT2D eigenvalue weighted by molar-refractivity contribution is -0.00521. The van der Waals surface area contributed by atoms with Crippen molar-refractivity contribution < 1.29 is 9.53 Å². The molecule has 2 heterocycles. The van der Waals surface area contributed by atoms with E-state index in [-0.39, 0.29) is 38.1 Å². The number of nitrogens with one attached hydrogen (secondary N) is 1. The summed E-state index contributed by atoms with van der Waals surface area (Å²) in [7, 11) is 0. The van der Waals surface area contributed by atoms with E-state index >= 15 is 0 Å². The average molecular weight is 449 g/mol. The molecular formula is C18H17Cl4N3O2. The number of pyridine rings is 1. The summed E-state index contributed by atoms with van der Waals surface area (Å²) >= 11 is 23.8. The molecular weight excluding hydrogens is 432 g/mol. The van der Waals surface area contributed by atoms with Crippen LogP contribution in [0.15, 0.2) is 24.3 Å². The van der Waals surface area contributed by atoms with Crippen molar-refractivity contribution in [2.75, 3.05) is 23.3 Å². The van der Waals surface area contributed by atoms with Gasteiger partial charge < -0.3 is 15.0 Å². The number of halogens is 4. The Morgan fingerprint density at radius 1 is 1.04 bits per heavy atom. The standard InChI is InChI=1S/C18H17Cl4N3O2/c1-9-7-25(8-10(2)27-9)12-5-3-11(4-6-12)23-18(26)16-14(20)13(19)15(21)17(22)24-16/h3-6,9-10H,7-8H2,1-2H3,(H,23,26)/t9-,10+. The molecule has 0 unspecified atom stereocenters. The van der Waals surface area contributed by atoms with Crippen LogP contribution < -0.4 is 10.2 Å². The topological polar surface area (TPSA) is 54.5 Å². The maximum atomic E-state index is 12.5. The van der Waals surface area contributed by atoms with Crippen LogP contribution in [0.2, 0.25) is 20.2 Å². The number of ether oxygens (including phenoxy) is 1. The lowest BCUT2D eigenvalue weighted by atomic mass is 10.2. The second kappa shape index (κ2) is 8.41. The third kappa shape index (κ3) is 4.61. The van der Waals surface area contributed by atoms with E-state index in [0.717, 1.165) is 18.8 Å². The highest BCUT2D eigenvalue weighted by molar-refractivity contribution is 6.52. The lowest BCUT2D eigenvalue weighted by Gasteiger charge is -2.36.